The molecule has 4 N–H and O–H groups in total. The Balaban J connectivity index is 3.16. The largest absolute Gasteiger partial charge is 0.389 e. The maximum atomic E-state index is 10.4. The van der Waals surface area contributed by atoms with E-state index in [1.54, 1.807) is 0 Å². The average molecular weight is 304 g/mol. The van der Waals surface area contributed by atoms with Crippen LogP contribution < -0.4 is 11.1 Å². The highest BCUT2D eigenvalue weighted by Crippen LogP contribution is 2.04. The van der Waals surface area contributed by atoms with Gasteiger partial charge in [0.05, 0.1) is 19.3 Å². The normalized spacial score (nSPS) is 12.5. The van der Waals surface area contributed by atoms with E-state index < -0.39 is 12.0 Å². The van der Waals surface area contributed by atoms with E-state index in [1.165, 1.54) is 32.1 Å². The van der Waals surface area contributed by atoms with E-state index in [0.29, 0.717) is 32.9 Å². The number of rotatable bonds is 16. The summed E-state index contributed by atoms with van der Waals surface area (Å²) in [6.07, 6.45) is 6.91. The Bertz CT molecular complexity index is 240. The molecular weight excluding hydrogens is 272 g/mol. The van der Waals surface area contributed by atoms with E-state index in [-0.39, 0.29) is 6.61 Å². The lowest BCUT2D eigenvalue weighted by molar-refractivity contribution is -0.122. The van der Waals surface area contributed by atoms with Crippen LogP contribution in [-0.4, -0.2) is 56.6 Å². The summed E-state index contributed by atoms with van der Waals surface area (Å²) in [5, 5.41) is 12.7. The summed E-state index contributed by atoms with van der Waals surface area (Å²) < 4.78 is 10.4. The SMILES string of the molecule is CCCCCCCCOCC(O)CNCCOCC(N)=O. The molecule has 0 heterocycles. The molecule has 1 atom stereocenters. The first-order chi connectivity index (χ1) is 10.2. The number of hydrogen-bond donors (Lipinski definition) is 3. The van der Waals surface area contributed by atoms with E-state index >= 15 is 0 Å². The number of carbonyl (C=O) groups is 1. The maximum Gasteiger partial charge on any atom is 0.243 e. The van der Waals surface area contributed by atoms with Crippen LogP contribution in [0.2, 0.25) is 0 Å². The lowest BCUT2D eigenvalue weighted by atomic mass is 10.1. The number of primary amides is 1. The second-order valence-electron chi connectivity index (χ2n) is 5.22. The van der Waals surface area contributed by atoms with Gasteiger partial charge < -0.3 is 25.6 Å². The lowest BCUT2D eigenvalue weighted by Gasteiger charge is -2.12. The van der Waals surface area contributed by atoms with Gasteiger partial charge in [-0.25, -0.2) is 0 Å². The van der Waals surface area contributed by atoms with Crippen molar-refractivity contribution in [3.63, 3.8) is 0 Å². The number of aliphatic hydroxyl groups excluding tert-OH is 1. The molecule has 0 saturated heterocycles. The predicted molar refractivity (Wildman–Crippen MR) is 83.1 cm³/mol. The zero-order valence-corrected chi connectivity index (χ0v) is 13.3. The Morgan fingerprint density at radius 2 is 1.86 bits per heavy atom. The van der Waals surface area contributed by atoms with Crippen LogP contribution in [0.3, 0.4) is 0 Å². The van der Waals surface area contributed by atoms with Crippen LogP contribution in [0, 0.1) is 0 Å². The molecule has 6 heteroatoms. The van der Waals surface area contributed by atoms with Crippen LogP contribution in [-0.2, 0) is 14.3 Å². The molecule has 0 aliphatic carbocycles. The third-order valence-corrected chi connectivity index (χ3v) is 3.00. The van der Waals surface area contributed by atoms with Crippen LogP contribution in [0.25, 0.3) is 0 Å². The fraction of sp³-hybridized carbons (Fsp3) is 0.933. The number of aliphatic hydroxyl groups is 1. The molecule has 0 aromatic rings. The van der Waals surface area contributed by atoms with E-state index in [2.05, 4.69) is 12.2 Å². The van der Waals surface area contributed by atoms with Gasteiger partial charge in [0.15, 0.2) is 0 Å². The van der Waals surface area contributed by atoms with Gasteiger partial charge in [-0.2, -0.15) is 0 Å². The van der Waals surface area contributed by atoms with Gasteiger partial charge in [-0.1, -0.05) is 39.0 Å². The third-order valence-electron chi connectivity index (χ3n) is 3.00. The van der Waals surface area contributed by atoms with Crippen molar-refractivity contribution in [3.05, 3.63) is 0 Å². The number of nitrogens with one attached hydrogen (secondary N) is 1. The standard InChI is InChI=1S/C15H32N2O4/c1-2-3-4-5-6-7-9-20-12-14(18)11-17-8-10-21-13-15(16)19/h14,17-18H,2-13H2,1H3,(H2,16,19). The molecule has 6 nitrogen and oxygen atoms in total. The van der Waals surface area contributed by atoms with E-state index in [1.807, 2.05) is 0 Å². The van der Waals surface area contributed by atoms with Crippen LogP contribution >= 0.6 is 0 Å². The van der Waals surface area contributed by atoms with Crippen molar-refractivity contribution < 1.29 is 19.4 Å². The summed E-state index contributed by atoms with van der Waals surface area (Å²) in [6.45, 7) is 4.63. The molecule has 0 saturated carbocycles. The van der Waals surface area contributed by atoms with Crippen molar-refractivity contribution in [2.75, 3.05) is 39.5 Å². The zero-order valence-electron chi connectivity index (χ0n) is 13.3. The van der Waals surface area contributed by atoms with Gasteiger partial charge in [0, 0.05) is 19.7 Å². The molecule has 0 radical (unpaired) electrons. The number of amides is 1. The monoisotopic (exact) mass is 304 g/mol. The molecule has 1 unspecified atom stereocenters. The fourth-order valence-corrected chi connectivity index (χ4v) is 1.85. The summed E-state index contributed by atoms with van der Waals surface area (Å²) in [5.74, 6) is -0.474. The van der Waals surface area contributed by atoms with Crippen molar-refractivity contribution in [3.8, 4) is 0 Å². The highest BCUT2D eigenvalue weighted by atomic mass is 16.5. The molecule has 0 aromatic heterocycles. The summed E-state index contributed by atoms with van der Waals surface area (Å²) in [6, 6.07) is 0. The molecule has 21 heavy (non-hydrogen) atoms. The fourth-order valence-electron chi connectivity index (χ4n) is 1.85. The summed E-state index contributed by atoms with van der Waals surface area (Å²) in [4.78, 5) is 10.4. The van der Waals surface area contributed by atoms with Crippen LogP contribution in [0.1, 0.15) is 45.4 Å². The van der Waals surface area contributed by atoms with Crippen molar-refractivity contribution >= 4 is 5.91 Å². The highest BCUT2D eigenvalue weighted by Gasteiger charge is 2.03. The molecule has 0 bridgehead atoms. The Morgan fingerprint density at radius 1 is 1.14 bits per heavy atom. The molecule has 0 aromatic carbocycles. The van der Waals surface area contributed by atoms with Gasteiger partial charge in [0.1, 0.15) is 6.61 Å². The second-order valence-corrected chi connectivity index (χ2v) is 5.22. The Labute approximate surface area is 128 Å². The molecule has 0 spiro atoms. The maximum absolute atomic E-state index is 10.4. The second kappa shape index (κ2) is 15.7. The van der Waals surface area contributed by atoms with Gasteiger partial charge in [-0.05, 0) is 6.42 Å². The molecule has 126 valence electrons. The van der Waals surface area contributed by atoms with Crippen LogP contribution in [0.5, 0.6) is 0 Å². The minimum absolute atomic E-state index is 0.0639. The van der Waals surface area contributed by atoms with Crippen molar-refractivity contribution in [1.82, 2.24) is 5.32 Å². The number of ether oxygens (including phenoxy) is 2. The molecule has 0 rings (SSSR count). The van der Waals surface area contributed by atoms with Crippen molar-refractivity contribution in [2.24, 2.45) is 5.73 Å². The Kier molecular flexibility index (Phi) is 15.2. The number of carbonyl (C=O) groups excluding carboxylic acids is 1. The average Bonchev–Trinajstić information content (AvgIpc) is 2.45. The van der Waals surface area contributed by atoms with Crippen LogP contribution in [0.4, 0.5) is 0 Å². The molecule has 0 aliphatic heterocycles. The molecule has 0 aliphatic rings. The highest BCUT2D eigenvalue weighted by molar-refractivity contribution is 5.74. The quantitative estimate of drug-likeness (QED) is 0.367. The summed E-state index contributed by atoms with van der Waals surface area (Å²) >= 11 is 0. The molecular formula is C15H32N2O4. The first kappa shape index (κ1) is 20.3. The van der Waals surface area contributed by atoms with Gasteiger partial charge >= 0.3 is 0 Å². The Hall–Kier alpha value is -0.690. The minimum atomic E-state index is -0.513. The molecule has 1 amide bonds. The predicted octanol–water partition coefficient (Wildman–Crippen LogP) is 0.816. The number of nitrogens with two attached hydrogens (primary N) is 1. The topological polar surface area (TPSA) is 93.8 Å². The molecule has 0 fully saturated rings. The smallest absolute Gasteiger partial charge is 0.243 e. The Morgan fingerprint density at radius 3 is 2.57 bits per heavy atom. The van der Waals surface area contributed by atoms with Crippen molar-refractivity contribution in [1.29, 1.82) is 0 Å². The van der Waals surface area contributed by atoms with Gasteiger partial charge in [-0.15, -0.1) is 0 Å². The third kappa shape index (κ3) is 17.3. The minimum Gasteiger partial charge on any atom is -0.389 e. The van der Waals surface area contributed by atoms with E-state index in [4.69, 9.17) is 15.2 Å². The van der Waals surface area contributed by atoms with Gasteiger partial charge in [-0.3, -0.25) is 4.79 Å². The summed E-state index contributed by atoms with van der Waals surface area (Å²) in [5.41, 5.74) is 4.93. The van der Waals surface area contributed by atoms with Crippen molar-refractivity contribution in [2.45, 2.75) is 51.6 Å². The first-order valence-corrected chi connectivity index (χ1v) is 7.99. The van der Waals surface area contributed by atoms with E-state index in [9.17, 15) is 9.90 Å². The first-order valence-electron chi connectivity index (χ1n) is 7.99. The number of hydrogen-bond acceptors (Lipinski definition) is 5. The number of unbranched alkanes of at least 4 members (excludes halogenated alkanes) is 5. The lowest BCUT2D eigenvalue weighted by Crippen LogP contribution is -2.33. The zero-order chi connectivity index (χ0) is 15.8. The van der Waals surface area contributed by atoms with Gasteiger partial charge in [0.2, 0.25) is 5.91 Å². The van der Waals surface area contributed by atoms with Crippen LogP contribution in [0.15, 0.2) is 0 Å². The van der Waals surface area contributed by atoms with E-state index in [0.717, 1.165) is 6.42 Å². The summed E-state index contributed by atoms with van der Waals surface area (Å²) in [7, 11) is 0. The van der Waals surface area contributed by atoms with Gasteiger partial charge in [0.25, 0.3) is 0 Å².